The fourth-order valence-corrected chi connectivity index (χ4v) is 3.25. The maximum absolute atomic E-state index is 5.35. The van der Waals surface area contributed by atoms with Crippen LogP contribution in [-0.4, -0.2) is 48.3 Å². The minimum Gasteiger partial charge on any atom is -0.317 e. The van der Waals surface area contributed by atoms with Crippen molar-refractivity contribution in [1.82, 2.24) is 25.8 Å². The average molecular weight is 308 g/mol. The Balaban J connectivity index is 1.95. The van der Waals surface area contributed by atoms with Gasteiger partial charge in [0.05, 0.1) is 6.20 Å². The normalized spacial score (nSPS) is 21.1. The molecule has 1 atom stereocenters. The van der Waals surface area contributed by atoms with E-state index >= 15 is 0 Å². The van der Waals surface area contributed by atoms with Crippen molar-refractivity contribution in [2.24, 2.45) is 5.84 Å². The molecule has 126 valence electrons. The molecule has 0 spiro atoms. The molecule has 1 fully saturated rings. The van der Waals surface area contributed by atoms with Gasteiger partial charge in [0.25, 0.3) is 0 Å². The van der Waals surface area contributed by atoms with Crippen molar-refractivity contribution >= 4 is 0 Å². The molecule has 1 aliphatic rings. The highest BCUT2D eigenvalue weighted by Gasteiger charge is 2.18. The minimum atomic E-state index is 0.601. The van der Waals surface area contributed by atoms with Crippen LogP contribution in [0.5, 0.6) is 0 Å². The molecular weight excluding hydrogens is 276 g/mol. The van der Waals surface area contributed by atoms with E-state index in [1.54, 1.807) is 0 Å². The highest BCUT2D eigenvalue weighted by molar-refractivity contribution is 5.20. The summed E-state index contributed by atoms with van der Waals surface area (Å²) in [6, 6.07) is 0. The number of H-pyrrole nitrogens is 1. The summed E-state index contributed by atoms with van der Waals surface area (Å²) in [4.78, 5) is 2.28. The Morgan fingerprint density at radius 1 is 1.27 bits per heavy atom. The van der Waals surface area contributed by atoms with E-state index < -0.39 is 0 Å². The van der Waals surface area contributed by atoms with Gasteiger partial charge >= 0.3 is 0 Å². The van der Waals surface area contributed by atoms with Crippen LogP contribution >= 0.6 is 0 Å². The highest BCUT2D eigenvalue weighted by Crippen LogP contribution is 2.28. The Kier molecular flexibility index (Phi) is 7.87. The van der Waals surface area contributed by atoms with E-state index in [9.17, 15) is 0 Å². The van der Waals surface area contributed by atoms with Gasteiger partial charge in [0.15, 0.2) is 0 Å². The van der Waals surface area contributed by atoms with Crippen LogP contribution in [0.25, 0.3) is 0 Å². The number of nitrogens with two attached hydrogens (primary N) is 1. The Morgan fingerprint density at radius 2 is 2.14 bits per heavy atom. The number of nitrogens with one attached hydrogen (secondary N) is 3. The molecule has 0 saturated carbocycles. The number of hydrazine groups is 1. The van der Waals surface area contributed by atoms with Crippen LogP contribution in [-0.2, 0) is 6.54 Å². The Labute approximate surface area is 134 Å². The van der Waals surface area contributed by atoms with Gasteiger partial charge in [-0.05, 0) is 39.4 Å². The number of hydrogen-bond donors (Lipinski definition) is 4. The number of aromatic amines is 1. The molecule has 2 heterocycles. The van der Waals surface area contributed by atoms with E-state index in [1.807, 2.05) is 6.20 Å². The first kappa shape index (κ1) is 17.4. The fraction of sp³-hybridized carbons (Fsp3) is 0.812. The Bertz CT molecular complexity index is 395. The molecule has 1 saturated heterocycles. The summed E-state index contributed by atoms with van der Waals surface area (Å²) >= 11 is 0. The smallest absolute Gasteiger partial charge is 0.0535 e. The molecule has 2 rings (SSSR count). The predicted molar refractivity (Wildman–Crippen MR) is 90.4 cm³/mol. The van der Waals surface area contributed by atoms with Gasteiger partial charge in [-0.2, -0.15) is 5.10 Å². The maximum atomic E-state index is 5.35. The Hall–Kier alpha value is -0.950. The Morgan fingerprint density at radius 3 is 3.00 bits per heavy atom. The molecule has 1 aliphatic heterocycles. The lowest BCUT2D eigenvalue weighted by Crippen LogP contribution is -2.32. The third kappa shape index (κ3) is 5.68. The molecule has 1 aromatic heterocycles. The van der Waals surface area contributed by atoms with Gasteiger partial charge in [0.2, 0.25) is 0 Å². The van der Waals surface area contributed by atoms with Crippen LogP contribution in [0.15, 0.2) is 6.20 Å². The molecule has 0 radical (unpaired) electrons. The van der Waals surface area contributed by atoms with E-state index in [4.69, 9.17) is 5.84 Å². The summed E-state index contributed by atoms with van der Waals surface area (Å²) in [7, 11) is 2.13. The second-order valence-corrected chi connectivity index (χ2v) is 6.44. The van der Waals surface area contributed by atoms with Crippen LogP contribution in [0.2, 0.25) is 0 Å². The first-order chi connectivity index (χ1) is 10.8. The summed E-state index contributed by atoms with van der Waals surface area (Å²) in [5.74, 6) is 5.96. The van der Waals surface area contributed by atoms with Gasteiger partial charge in [-0.3, -0.25) is 16.4 Å². The molecule has 6 nitrogen and oxygen atoms in total. The molecule has 5 N–H and O–H groups in total. The zero-order valence-corrected chi connectivity index (χ0v) is 13.9. The fourth-order valence-electron chi connectivity index (χ4n) is 3.25. The standard InChI is InChI=1S/C16H32N6/c1-22(11-10-19-17)13-15-12-20-21-16(15)14-6-4-2-3-5-8-18-9-7-14/h12,14,18-19H,2-11,13,17H2,1H3,(H,20,21). The molecular formula is C16H32N6. The summed E-state index contributed by atoms with van der Waals surface area (Å²) in [6.45, 7) is 4.94. The quantitative estimate of drug-likeness (QED) is 0.471. The van der Waals surface area contributed by atoms with Gasteiger partial charge in [0.1, 0.15) is 0 Å². The second kappa shape index (κ2) is 9.94. The largest absolute Gasteiger partial charge is 0.317 e. The van der Waals surface area contributed by atoms with Gasteiger partial charge < -0.3 is 10.2 Å². The topological polar surface area (TPSA) is 82.0 Å². The number of nitrogens with zero attached hydrogens (tertiary/aromatic N) is 2. The molecule has 0 bridgehead atoms. The molecule has 1 aromatic rings. The number of likely N-dealkylation sites (N-methyl/N-ethyl adjacent to an activating group) is 1. The SMILES string of the molecule is CN(CCNN)Cc1cn[nH]c1C1CCCCCCNCC1. The van der Waals surface area contributed by atoms with Crippen molar-refractivity contribution in [2.45, 2.75) is 51.0 Å². The molecule has 0 aliphatic carbocycles. The van der Waals surface area contributed by atoms with Crippen molar-refractivity contribution in [3.8, 4) is 0 Å². The van der Waals surface area contributed by atoms with Gasteiger partial charge in [-0.15, -0.1) is 0 Å². The monoisotopic (exact) mass is 308 g/mol. The first-order valence-corrected chi connectivity index (χ1v) is 8.66. The van der Waals surface area contributed by atoms with E-state index in [-0.39, 0.29) is 0 Å². The van der Waals surface area contributed by atoms with Gasteiger partial charge in [-0.1, -0.05) is 19.3 Å². The third-order valence-electron chi connectivity index (χ3n) is 4.56. The van der Waals surface area contributed by atoms with Gasteiger partial charge in [0, 0.05) is 36.8 Å². The van der Waals surface area contributed by atoms with Crippen LogP contribution in [0.3, 0.4) is 0 Å². The van der Waals surface area contributed by atoms with Crippen molar-refractivity contribution in [3.05, 3.63) is 17.5 Å². The van der Waals surface area contributed by atoms with Crippen molar-refractivity contribution in [3.63, 3.8) is 0 Å². The summed E-state index contributed by atoms with van der Waals surface area (Å²) in [6.07, 6.45) is 9.81. The van der Waals surface area contributed by atoms with E-state index in [0.29, 0.717) is 5.92 Å². The second-order valence-electron chi connectivity index (χ2n) is 6.44. The van der Waals surface area contributed by atoms with E-state index in [2.05, 4.69) is 32.9 Å². The third-order valence-corrected chi connectivity index (χ3v) is 4.56. The molecule has 6 heteroatoms. The molecule has 0 aromatic carbocycles. The highest BCUT2D eigenvalue weighted by atomic mass is 15.2. The average Bonchev–Trinajstić information content (AvgIpc) is 2.98. The molecule has 22 heavy (non-hydrogen) atoms. The van der Waals surface area contributed by atoms with Crippen LogP contribution in [0.4, 0.5) is 0 Å². The van der Waals surface area contributed by atoms with Gasteiger partial charge in [-0.25, -0.2) is 0 Å². The van der Waals surface area contributed by atoms with E-state index in [1.165, 1.54) is 49.8 Å². The number of aromatic nitrogens is 2. The summed E-state index contributed by atoms with van der Waals surface area (Å²) < 4.78 is 0. The van der Waals surface area contributed by atoms with Crippen molar-refractivity contribution in [1.29, 1.82) is 0 Å². The predicted octanol–water partition coefficient (Wildman–Crippen LogP) is 1.33. The lowest BCUT2D eigenvalue weighted by molar-refractivity contribution is 0.323. The molecule has 1 unspecified atom stereocenters. The lowest BCUT2D eigenvalue weighted by atomic mass is 9.91. The number of rotatable bonds is 6. The zero-order chi connectivity index (χ0) is 15.6. The van der Waals surface area contributed by atoms with Crippen molar-refractivity contribution in [2.75, 3.05) is 33.2 Å². The van der Waals surface area contributed by atoms with Crippen molar-refractivity contribution < 1.29 is 0 Å². The first-order valence-electron chi connectivity index (χ1n) is 8.66. The van der Waals surface area contributed by atoms with Crippen LogP contribution < -0.4 is 16.6 Å². The molecule has 0 amide bonds. The number of hydrogen-bond acceptors (Lipinski definition) is 5. The maximum Gasteiger partial charge on any atom is 0.0535 e. The van der Waals surface area contributed by atoms with Crippen LogP contribution in [0, 0.1) is 0 Å². The summed E-state index contributed by atoms with van der Waals surface area (Å²) in [5, 5.41) is 11.2. The minimum absolute atomic E-state index is 0.601. The van der Waals surface area contributed by atoms with E-state index in [0.717, 1.165) is 32.7 Å². The van der Waals surface area contributed by atoms with Crippen LogP contribution in [0.1, 0.15) is 55.7 Å². The lowest BCUT2D eigenvalue weighted by Gasteiger charge is -2.21. The summed E-state index contributed by atoms with van der Waals surface area (Å²) in [5.41, 5.74) is 5.39. The zero-order valence-electron chi connectivity index (χ0n) is 13.9.